The van der Waals surface area contributed by atoms with Gasteiger partial charge in [0.15, 0.2) is 5.82 Å². The zero-order chi connectivity index (χ0) is 19.0. The number of rotatable bonds is 3. The number of aryl methyl sites for hydroxylation is 2. The number of pyridine rings is 1. The van der Waals surface area contributed by atoms with Gasteiger partial charge in [0.05, 0.1) is 30.0 Å². The Kier molecular flexibility index (Phi) is 4.55. The highest BCUT2D eigenvalue weighted by atomic mass is 16.5. The fraction of sp³-hybridized carbons (Fsp3) is 0.474. The summed E-state index contributed by atoms with van der Waals surface area (Å²) in [7, 11) is 0. The van der Waals surface area contributed by atoms with Crippen LogP contribution in [0.5, 0.6) is 0 Å². The minimum Gasteiger partial charge on any atom is -0.361 e. The first kappa shape index (κ1) is 17.5. The Morgan fingerprint density at radius 1 is 1.26 bits per heavy atom. The van der Waals surface area contributed by atoms with E-state index in [0.29, 0.717) is 29.4 Å². The van der Waals surface area contributed by atoms with E-state index in [1.165, 1.54) is 0 Å². The molecule has 27 heavy (non-hydrogen) atoms. The van der Waals surface area contributed by atoms with Crippen LogP contribution in [0.4, 0.5) is 11.5 Å². The van der Waals surface area contributed by atoms with E-state index in [2.05, 4.69) is 15.5 Å². The van der Waals surface area contributed by atoms with E-state index < -0.39 is 0 Å². The molecule has 4 rings (SSSR count). The highest BCUT2D eigenvalue weighted by molar-refractivity contribution is 6.04. The molecule has 0 radical (unpaired) electrons. The maximum Gasteiger partial charge on any atom is 0.255 e. The number of hydrogen-bond acceptors (Lipinski definition) is 6. The second-order valence-electron chi connectivity index (χ2n) is 7.08. The van der Waals surface area contributed by atoms with Gasteiger partial charge in [-0.25, -0.2) is 4.98 Å². The molecule has 2 aromatic rings. The smallest absolute Gasteiger partial charge is 0.255 e. The van der Waals surface area contributed by atoms with Gasteiger partial charge in [0.2, 0.25) is 5.91 Å². The molecule has 142 valence electrons. The van der Waals surface area contributed by atoms with Crippen molar-refractivity contribution in [2.24, 2.45) is 0 Å². The number of aromatic nitrogens is 2. The van der Waals surface area contributed by atoms with Crippen molar-refractivity contribution < 1.29 is 14.1 Å². The number of likely N-dealkylation sites (tertiary alicyclic amines) is 1. The molecule has 4 heterocycles. The first-order valence-electron chi connectivity index (χ1n) is 9.30. The standard InChI is InChI=1S/C19H23N5O3/c1-12-15(13(2)27-22-12)11-24-16-8-14(9-20-18(16)21-10-17(24)25)19(26)23-6-4-3-5-7-23/h8-9H,3-7,10-11H2,1-2H3,(H,20,21). The second kappa shape index (κ2) is 7.02. The molecule has 2 amide bonds. The molecule has 1 saturated heterocycles. The lowest BCUT2D eigenvalue weighted by Crippen LogP contribution is -2.40. The van der Waals surface area contributed by atoms with Gasteiger partial charge in [-0.3, -0.25) is 9.59 Å². The molecule has 1 N–H and O–H groups in total. The third-order valence-corrected chi connectivity index (χ3v) is 5.25. The van der Waals surface area contributed by atoms with Crippen LogP contribution < -0.4 is 10.2 Å². The monoisotopic (exact) mass is 369 g/mol. The maximum absolute atomic E-state index is 12.8. The van der Waals surface area contributed by atoms with Crippen molar-refractivity contribution in [3.8, 4) is 0 Å². The van der Waals surface area contributed by atoms with E-state index in [1.807, 2.05) is 18.7 Å². The number of carbonyl (C=O) groups is 2. The van der Waals surface area contributed by atoms with Gasteiger partial charge in [-0.1, -0.05) is 5.16 Å². The molecule has 0 spiro atoms. The SMILES string of the molecule is Cc1noc(C)c1CN1C(=O)CNc2ncc(C(=O)N3CCCCC3)cc21. The Hall–Kier alpha value is -2.90. The average Bonchev–Trinajstić information content (AvgIpc) is 3.01. The summed E-state index contributed by atoms with van der Waals surface area (Å²) in [6.45, 7) is 5.75. The lowest BCUT2D eigenvalue weighted by atomic mass is 10.1. The molecule has 0 bridgehead atoms. The van der Waals surface area contributed by atoms with Crippen molar-refractivity contribution in [3.63, 3.8) is 0 Å². The van der Waals surface area contributed by atoms with Crippen LogP contribution >= 0.6 is 0 Å². The van der Waals surface area contributed by atoms with Gasteiger partial charge in [-0.05, 0) is 39.2 Å². The van der Waals surface area contributed by atoms with Gasteiger partial charge >= 0.3 is 0 Å². The molecule has 0 aromatic carbocycles. The van der Waals surface area contributed by atoms with Gasteiger partial charge in [0.1, 0.15) is 5.76 Å². The minimum absolute atomic E-state index is 0.0275. The Morgan fingerprint density at radius 3 is 2.74 bits per heavy atom. The van der Waals surface area contributed by atoms with Gasteiger partial charge < -0.3 is 19.6 Å². The first-order valence-corrected chi connectivity index (χ1v) is 9.30. The fourth-order valence-electron chi connectivity index (χ4n) is 3.64. The minimum atomic E-state index is -0.0770. The number of fused-ring (bicyclic) bond motifs is 1. The molecule has 8 nitrogen and oxygen atoms in total. The van der Waals surface area contributed by atoms with Gasteiger partial charge in [-0.2, -0.15) is 0 Å². The highest BCUT2D eigenvalue weighted by Gasteiger charge is 2.29. The van der Waals surface area contributed by atoms with Crippen molar-refractivity contribution in [2.45, 2.75) is 39.7 Å². The van der Waals surface area contributed by atoms with Gasteiger partial charge in [0, 0.05) is 24.8 Å². The van der Waals surface area contributed by atoms with Crippen LogP contribution in [0.25, 0.3) is 0 Å². The topological polar surface area (TPSA) is 91.6 Å². The van der Waals surface area contributed by atoms with Gasteiger partial charge in [-0.15, -0.1) is 0 Å². The quantitative estimate of drug-likeness (QED) is 0.892. The predicted molar refractivity (Wildman–Crippen MR) is 99.6 cm³/mol. The molecule has 2 aromatic heterocycles. The van der Waals surface area contributed by atoms with E-state index in [0.717, 1.165) is 43.6 Å². The number of nitrogens with one attached hydrogen (secondary N) is 1. The summed E-state index contributed by atoms with van der Waals surface area (Å²) in [5, 5.41) is 7.00. The predicted octanol–water partition coefficient (Wildman–Crippen LogP) is 2.27. The summed E-state index contributed by atoms with van der Waals surface area (Å²) in [5.41, 5.74) is 2.77. The summed E-state index contributed by atoms with van der Waals surface area (Å²) < 4.78 is 5.22. The van der Waals surface area contributed by atoms with Crippen LogP contribution in [0, 0.1) is 13.8 Å². The van der Waals surface area contributed by atoms with Crippen molar-refractivity contribution in [2.75, 3.05) is 29.9 Å². The largest absolute Gasteiger partial charge is 0.361 e. The summed E-state index contributed by atoms with van der Waals surface area (Å²) in [6.07, 6.45) is 4.81. The lowest BCUT2D eigenvalue weighted by molar-refractivity contribution is -0.117. The third-order valence-electron chi connectivity index (χ3n) is 5.25. The third kappa shape index (κ3) is 3.27. The Morgan fingerprint density at radius 2 is 2.04 bits per heavy atom. The van der Waals surface area contributed by atoms with Gasteiger partial charge in [0.25, 0.3) is 5.91 Å². The molecular weight excluding hydrogens is 346 g/mol. The molecule has 2 aliphatic rings. The normalized spacial score (nSPS) is 16.9. The molecule has 0 unspecified atom stereocenters. The molecular formula is C19H23N5O3. The first-order chi connectivity index (χ1) is 13.0. The van der Waals surface area contributed by atoms with Crippen molar-refractivity contribution in [3.05, 3.63) is 34.8 Å². The zero-order valence-electron chi connectivity index (χ0n) is 15.6. The number of anilines is 2. The molecule has 2 aliphatic heterocycles. The number of carbonyl (C=O) groups excluding carboxylic acids is 2. The zero-order valence-corrected chi connectivity index (χ0v) is 15.6. The van der Waals surface area contributed by atoms with Crippen LogP contribution in [0.15, 0.2) is 16.8 Å². The Labute approximate surface area is 157 Å². The maximum atomic E-state index is 12.8. The summed E-state index contributed by atoms with van der Waals surface area (Å²) in [4.78, 5) is 33.3. The van der Waals surface area contributed by atoms with Crippen LogP contribution in [-0.4, -0.2) is 46.5 Å². The van der Waals surface area contributed by atoms with Crippen LogP contribution in [0.2, 0.25) is 0 Å². The molecule has 1 fully saturated rings. The van der Waals surface area contributed by atoms with Crippen LogP contribution in [0.3, 0.4) is 0 Å². The number of hydrogen-bond donors (Lipinski definition) is 1. The lowest BCUT2D eigenvalue weighted by Gasteiger charge is -2.31. The summed E-state index contributed by atoms with van der Waals surface area (Å²) >= 11 is 0. The highest BCUT2D eigenvalue weighted by Crippen LogP contribution is 2.31. The van der Waals surface area contributed by atoms with E-state index >= 15 is 0 Å². The van der Waals surface area contributed by atoms with Crippen molar-refractivity contribution >= 4 is 23.3 Å². The molecule has 0 saturated carbocycles. The number of nitrogens with zero attached hydrogens (tertiary/aromatic N) is 4. The molecule has 8 heteroatoms. The molecule has 0 aliphatic carbocycles. The summed E-state index contributed by atoms with van der Waals surface area (Å²) in [6, 6.07) is 1.77. The Balaban J connectivity index is 1.66. The average molecular weight is 369 g/mol. The Bertz CT molecular complexity index is 866. The van der Waals surface area contributed by atoms with E-state index in [1.54, 1.807) is 17.2 Å². The van der Waals surface area contributed by atoms with Crippen molar-refractivity contribution in [1.29, 1.82) is 0 Å². The number of piperidine rings is 1. The van der Waals surface area contributed by atoms with E-state index in [-0.39, 0.29) is 18.4 Å². The second-order valence-corrected chi connectivity index (χ2v) is 7.08. The van der Waals surface area contributed by atoms with Crippen LogP contribution in [-0.2, 0) is 11.3 Å². The molecule has 0 atom stereocenters. The van der Waals surface area contributed by atoms with E-state index in [9.17, 15) is 9.59 Å². The van der Waals surface area contributed by atoms with E-state index in [4.69, 9.17) is 4.52 Å². The fourth-order valence-corrected chi connectivity index (χ4v) is 3.64. The summed E-state index contributed by atoms with van der Waals surface area (Å²) in [5.74, 6) is 1.19. The number of amides is 2. The van der Waals surface area contributed by atoms with Crippen molar-refractivity contribution in [1.82, 2.24) is 15.0 Å². The van der Waals surface area contributed by atoms with Crippen LogP contribution in [0.1, 0.15) is 46.6 Å².